The highest BCUT2D eigenvalue weighted by atomic mass is 16.2. The molecule has 3 N–H and O–H groups in total. The molecule has 1 aromatic heterocycles. The summed E-state index contributed by atoms with van der Waals surface area (Å²) in [7, 11) is 0. The summed E-state index contributed by atoms with van der Waals surface area (Å²) in [5, 5.41) is 7.53. The van der Waals surface area contributed by atoms with E-state index >= 15 is 0 Å². The average Bonchev–Trinajstić information content (AvgIpc) is 3.56. The van der Waals surface area contributed by atoms with Gasteiger partial charge in [0.1, 0.15) is 6.04 Å². The Hall–Kier alpha value is -4.05. The molecule has 2 aromatic carbocycles. The van der Waals surface area contributed by atoms with Crippen molar-refractivity contribution in [1.29, 1.82) is 0 Å². The molecule has 1 atom stereocenters. The molecule has 0 bridgehead atoms. The molecule has 4 amide bonds. The van der Waals surface area contributed by atoms with Gasteiger partial charge < -0.3 is 35.2 Å². The molecule has 0 saturated carbocycles. The predicted octanol–water partition coefficient (Wildman–Crippen LogP) is 4.85. The molecule has 10 nitrogen and oxygen atoms in total. The highest BCUT2D eigenvalue weighted by Crippen LogP contribution is 2.29. The predicted molar refractivity (Wildman–Crippen MR) is 176 cm³/mol. The van der Waals surface area contributed by atoms with Crippen LogP contribution in [0.25, 0.3) is 10.9 Å². The summed E-state index contributed by atoms with van der Waals surface area (Å²) in [6, 6.07) is 15.9. The van der Waals surface area contributed by atoms with Crippen LogP contribution in [0.15, 0.2) is 54.7 Å². The second-order valence-corrected chi connectivity index (χ2v) is 13.2. The van der Waals surface area contributed by atoms with Gasteiger partial charge in [-0.05, 0) is 87.5 Å². The number of urea groups is 1. The number of benzene rings is 2. The lowest BCUT2D eigenvalue weighted by Crippen LogP contribution is -2.53. The molecule has 4 aliphatic rings. The minimum Gasteiger partial charge on any atom is -0.373 e. The first-order valence-electron chi connectivity index (χ1n) is 16.8. The minimum absolute atomic E-state index is 0.00755. The Kier molecular flexibility index (Phi) is 8.65. The van der Waals surface area contributed by atoms with Crippen LogP contribution in [0, 0.1) is 0 Å². The van der Waals surface area contributed by atoms with Gasteiger partial charge in [-0.3, -0.25) is 9.59 Å². The zero-order valence-corrected chi connectivity index (χ0v) is 26.0. The molecule has 0 spiro atoms. The van der Waals surface area contributed by atoms with E-state index in [0.717, 1.165) is 66.6 Å². The number of aromatic nitrogens is 1. The van der Waals surface area contributed by atoms with E-state index in [1.807, 2.05) is 63.4 Å². The second-order valence-electron chi connectivity index (χ2n) is 13.2. The van der Waals surface area contributed by atoms with E-state index in [4.69, 9.17) is 0 Å². The van der Waals surface area contributed by atoms with Crippen LogP contribution in [0.3, 0.4) is 0 Å². The quantitative estimate of drug-likeness (QED) is 0.354. The second kappa shape index (κ2) is 13.1. The number of hydrogen-bond acceptors (Lipinski definition) is 5. The Balaban J connectivity index is 0.994. The van der Waals surface area contributed by atoms with Gasteiger partial charge in [0.15, 0.2) is 0 Å². The fourth-order valence-corrected chi connectivity index (χ4v) is 7.75. The van der Waals surface area contributed by atoms with Gasteiger partial charge in [-0.25, -0.2) is 4.79 Å². The first-order valence-corrected chi connectivity index (χ1v) is 16.8. The first-order chi connectivity index (χ1) is 22.0. The molecule has 1 unspecified atom stereocenters. The van der Waals surface area contributed by atoms with Crippen LogP contribution in [0.4, 0.5) is 16.2 Å². The Morgan fingerprint density at radius 3 is 2.38 bits per heavy atom. The Bertz CT molecular complexity index is 1520. The van der Waals surface area contributed by atoms with Crippen LogP contribution in [-0.4, -0.2) is 99.8 Å². The van der Waals surface area contributed by atoms with Crippen LogP contribution in [0.5, 0.6) is 0 Å². The Labute approximate surface area is 265 Å². The zero-order chi connectivity index (χ0) is 30.8. The number of para-hydroxylation sites is 1. The topological polar surface area (TPSA) is 104 Å². The van der Waals surface area contributed by atoms with E-state index in [-0.39, 0.29) is 30.3 Å². The maximum atomic E-state index is 14.0. The molecule has 3 aromatic rings. The standard InChI is InChI=1S/C35H45N7O3/c43-33(40-18-13-29(14-19-40)42-24-26-6-2-3-7-31(26)38-35(42)45)23-32(37-27-8-9-30-25(22-27)10-15-36-30)34(44)41-20-11-28(12-21-41)39-16-4-1-5-17-39/h2-3,6-10,15,22,28-29,32,36-37H,1,4-5,11-14,16-21,23-24H2,(H,38,45). The van der Waals surface area contributed by atoms with Crippen molar-refractivity contribution in [3.8, 4) is 0 Å². The average molecular weight is 612 g/mol. The van der Waals surface area contributed by atoms with E-state index in [2.05, 4.69) is 26.6 Å². The smallest absolute Gasteiger partial charge is 0.322 e. The molecular formula is C35H45N7O3. The van der Waals surface area contributed by atoms with Crippen LogP contribution in [0.2, 0.25) is 0 Å². The largest absolute Gasteiger partial charge is 0.373 e. The number of nitrogens with zero attached hydrogens (tertiary/aromatic N) is 4. The van der Waals surface area contributed by atoms with Gasteiger partial charge in [-0.2, -0.15) is 0 Å². The number of piperidine rings is 3. The van der Waals surface area contributed by atoms with Crippen LogP contribution in [0.1, 0.15) is 56.9 Å². The van der Waals surface area contributed by atoms with Crippen molar-refractivity contribution in [3.63, 3.8) is 0 Å². The maximum Gasteiger partial charge on any atom is 0.322 e. The number of nitrogens with one attached hydrogen (secondary N) is 3. The minimum atomic E-state index is -0.637. The lowest BCUT2D eigenvalue weighted by molar-refractivity contribution is -0.139. The molecule has 4 aliphatic heterocycles. The van der Waals surface area contributed by atoms with Gasteiger partial charge in [-0.15, -0.1) is 0 Å². The number of rotatable bonds is 7. The van der Waals surface area contributed by atoms with Crippen LogP contribution >= 0.6 is 0 Å². The van der Waals surface area contributed by atoms with Crippen molar-refractivity contribution >= 4 is 40.1 Å². The van der Waals surface area contributed by atoms with Crippen LogP contribution in [-0.2, 0) is 16.1 Å². The number of fused-ring (bicyclic) bond motifs is 2. The molecule has 3 saturated heterocycles. The van der Waals surface area contributed by atoms with Gasteiger partial charge in [-0.1, -0.05) is 24.6 Å². The number of H-pyrrole nitrogens is 1. The maximum absolute atomic E-state index is 14.0. The highest BCUT2D eigenvalue weighted by molar-refractivity contribution is 5.93. The third-order valence-electron chi connectivity index (χ3n) is 10.4. The highest BCUT2D eigenvalue weighted by Gasteiger charge is 2.36. The van der Waals surface area contributed by atoms with Gasteiger partial charge in [0.25, 0.3) is 0 Å². The molecule has 238 valence electrons. The Morgan fingerprint density at radius 2 is 1.58 bits per heavy atom. The molecule has 45 heavy (non-hydrogen) atoms. The van der Waals surface area contributed by atoms with E-state index in [0.29, 0.717) is 25.7 Å². The number of hydrogen-bond donors (Lipinski definition) is 3. The lowest BCUT2D eigenvalue weighted by Gasteiger charge is -2.42. The van der Waals surface area contributed by atoms with Crippen LogP contribution < -0.4 is 10.6 Å². The summed E-state index contributed by atoms with van der Waals surface area (Å²) in [6.45, 7) is 5.54. The molecular weight excluding hydrogens is 566 g/mol. The number of anilines is 2. The van der Waals surface area contributed by atoms with Crippen molar-refractivity contribution in [2.24, 2.45) is 0 Å². The summed E-state index contributed by atoms with van der Waals surface area (Å²) in [6.07, 6.45) is 9.31. The zero-order valence-electron chi connectivity index (χ0n) is 26.0. The van der Waals surface area contributed by atoms with E-state index in [9.17, 15) is 14.4 Å². The number of amides is 4. The molecule has 7 rings (SSSR count). The molecule has 0 radical (unpaired) electrons. The lowest BCUT2D eigenvalue weighted by atomic mass is 9.98. The monoisotopic (exact) mass is 611 g/mol. The molecule has 0 aliphatic carbocycles. The number of likely N-dealkylation sites (tertiary alicyclic amines) is 3. The SMILES string of the molecule is O=C(CC(Nc1ccc2[nH]ccc2c1)C(=O)N1CCC(N2CCCCC2)CC1)N1CCC(N2Cc3ccccc3NC2=O)CC1. The van der Waals surface area contributed by atoms with E-state index in [1.54, 1.807) is 0 Å². The van der Waals surface area contributed by atoms with Crippen molar-refractivity contribution in [1.82, 2.24) is 24.6 Å². The van der Waals surface area contributed by atoms with E-state index in [1.165, 1.54) is 32.4 Å². The van der Waals surface area contributed by atoms with E-state index < -0.39 is 6.04 Å². The third-order valence-corrected chi connectivity index (χ3v) is 10.4. The molecule has 3 fully saturated rings. The Morgan fingerprint density at radius 1 is 0.844 bits per heavy atom. The van der Waals surface area contributed by atoms with Gasteiger partial charge >= 0.3 is 6.03 Å². The van der Waals surface area contributed by atoms with Gasteiger partial charge in [0.05, 0.1) is 6.42 Å². The van der Waals surface area contributed by atoms with Gasteiger partial charge in [0.2, 0.25) is 11.8 Å². The normalized spacial score (nSPS) is 21.0. The number of carbonyl (C=O) groups is 3. The van der Waals surface area contributed by atoms with Crippen molar-refractivity contribution < 1.29 is 14.4 Å². The summed E-state index contributed by atoms with van der Waals surface area (Å²) in [5.74, 6) is -0.00758. The number of aromatic amines is 1. The fourth-order valence-electron chi connectivity index (χ4n) is 7.75. The summed E-state index contributed by atoms with van der Waals surface area (Å²) >= 11 is 0. The van der Waals surface area contributed by atoms with Crippen molar-refractivity contribution in [2.75, 3.05) is 49.9 Å². The summed E-state index contributed by atoms with van der Waals surface area (Å²) in [4.78, 5) is 52.2. The van der Waals surface area contributed by atoms with Crippen molar-refractivity contribution in [2.45, 2.75) is 76.0 Å². The summed E-state index contributed by atoms with van der Waals surface area (Å²) in [5.41, 5.74) is 3.86. The molecule has 5 heterocycles. The van der Waals surface area contributed by atoms with Gasteiger partial charge in [0, 0.05) is 73.3 Å². The first kappa shape index (κ1) is 29.6. The summed E-state index contributed by atoms with van der Waals surface area (Å²) < 4.78 is 0. The third kappa shape index (κ3) is 6.52. The molecule has 10 heteroatoms. The fraction of sp³-hybridized carbons (Fsp3) is 0.514. The number of carbonyl (C=O) groups excluding carboxylic acids is 3. The van der Waals surface area contributed by atoms with Crippen molar-refractivity contribution in [3.05, 3.63) is 60.3 Å².